The maximum absolute atomic E-state index is 12.8. The fourth-order valence-electron chi connectivity index (χ4n) is 3.79. The quantitative estimate of drug-likeness (QED) is 0.732. The number of amides is 1. The van der Waals surface area contributed by atoms with E-state index in [0.29, 0.717) is 43.9 Å². The van der Waals surface area contributed by atoms with Crippen molar-refractivity contribution in [3.63, 3.8) is 0 Å². The van der Waals surface area contributed by atoms with Crippen LogP contribution in [-0.4, -0.2) is 45.0 Å². The molecule has 3 rings (SSSR count). The first-order chi connectivity index (χ1) is 14.3. The first kappa shape index (κ1) is 22.3. The van der Waals surface area contributed by atoms with Crippen LogP contribution in [0, 0.1) is 13.8 Å². The number of hydrogen-bond donors (Lipinski definition) is 1. The van der Waals surface area contributed by atoms with Crippen molar-refractivity contribution in [1.82, 2.24) is 9.62 Å². The number of benzene rings is 2. The molecule has 0 radical (unpaired) electrons. The molecule has 0 bridgehead atoms. The molecule has 1 heterocycles. The largest absolute Gasteiger partial charge is 0.494 e. The van der Waals surface area contributed by atoms with Crippen molar-refractivity contribution >= 4 is 15.9 Å². The SMILES string of the molecule is CCOc1ccc(CC(=O)N2CCC(NS(=O)(=O)c3ccc(C)cc3C)CC2)cc1. The minimum Gasteiger partial charge on any atom is -0.494 e. The van der Waals surface area contributed by atoms with E-state index >= 15 is 0 Å². The van der Waals surface area contributed by atoms with Crippen molar-refractivity contribution in [2.45, 2.75) is 51.0 Å². The van der Waals surface area contributed by atoms with Crippen LogP contribution in [0.4, 0.5) is 0 Å². The van der Waals surface area contributed by atoms with Gasteiger partial charge in [-0.15, -0.1) is 0 Å². The summed E-state index contributed by atoms with van der Waals surface area (Å²) >= 11 is 0. The summed E-state index contributed by atoms with van der Waals surface area (Å²) in [5.74, 6) is 0.862. The Morgan fingerprint density at radius 3 is 2.37 bits per heavy atom. The highest BCUT2D eigenvalue weighted by Gasteiger charge is 2.27. The van der Waals surface area contributed by atoms with E-state index in [1.165, 1.54) is 0 Å². The molecule has 30 heavy (non-hydrogen) atoms. The lowest BCUT2D eigenvalue weighted by Crippen LogP contribution is -2.47. The highest BCUT2D eigenvalue weighted by atomic mass is 32.2. The van der Waals surface area contributed by atoms with E-state index in [1.54, 1.807) is 6.07 Å². The molecule has 2 aromatic rings. The number of carbonyl (C=O) groups excluding carboxylic acids is 1. The molecule has 0 unspecified atom stereocenters. The van der Waals surface area contributed by atoms with Gasteiger partial charge in [-0.25, -0.2) is 13.1 Å². The molecule has 1 fully saturated rings. The lowest BCUT2D eigenvalue weighted by molar-refractivity contribution is -0.131. The highest BCUT2D eigenvalue weighted by molar-refractivity contribution is 7.89. The lowest BCUT2D eigenvalue weighted by Gasteiger charge is -2.32. The Hall–Kier alpha value is -2.38. The monoisotopic (exact) mass is 430 g/mol. The maximum atomic E-state index is 12.8. The first-order valence-corrected chi connectivity index (χ1v) is 11.9. The standard InChI is InChI=1S/C23H30N2O4S/c1-4-29-21-8-6-19(7-9-21)16-23(26)25-13-11-20(12-14-25)24-30(27,28)22-10-5-17(2)15-18(22)3/h5-10,15,20,24H,4,11-14,16H2,1-3H3. The van der Waals surface area contributed by atoms with Gasteiger partial charge in [0, 0.05) is 19.1 Å². The first-order valence-electron chi connectivity index (χ1n) is 10.4. The molecule has 162 valence electrons. The normalized spacial score (nSPS) is 15.2. The Kier molecular flexibility index (Phi) is 7.15. The molecule has 0 saturated carbocycles. The van der Waals surface area contributed by atoms with Crippen molar-refractivity contribution in [2.24, 2.45) is 0 Å². The molecule has 7 heteroatoms. The zero-order valence-electron chi connectivity index (χ0n) is 17.8. The predicted octanol–water partition coefficient (Wildman–Crippen LogP) is 3.21. The van der Waals surface area contributed by atoms with E-state index in [2.05, 4.69) is 4.72 Å². The number of rotatable bonds is 7. The fourth-order valence-corrected chi connectivity index (χ4v) is 5.32. The van der Waals surface area contributed by atoms with Crippen molar-refractivity contribution in [2.75, 3.05) is 19.7 Å². The van der Waals surface area contributed by atoms with E-state index in [1.807, 2.05) is 62.1 Å². The lowest BCUT2D eigenvalue weighted by atomic mass is 10.0. The van der Waals surface area contributed by atoms with Gasteiger partial charge in [0.05, 0.1) is 17.9 Å². The minimum atomic E-state index is -3.57. The molecule has 1 N–H and O–H groups in total. The van der Waals surface area contributed by atoms with Crippen molar-refractivity contribution in [3.05, 3.63) is 59.2 Å². The highest BCUT2D eigenvalue weighted by Crippen LogP contribution is 2.20. The molecule has 0 spiro atoms. The van der Waals surface area contributed by atoms with E-state index in [-0.39, 0.29) is 11.9 Å². The van der Waals surface area contributed by atoms with Gasteiger partial charge in [-0.1, -0.05) is 29.8 Å². The summed E-state index contributed by atoms with van der Waals surface area (Å²) in [6.45, 7) is 7.40. The Bertz CT molecular complexity index is 979. The zero-order valence-corrected chi connectivity index (χ0v) is 18.7. The van der Waals surface area contributed by atoms with Gasteiger partial charge in [0.1, 0.15) is 5.75 Å². The summed E-state index contributed by atoms with van der Waals surface area (Å²) in [4.78, 5) is 14.8. The number of ether oxygens (including phenoxy) is 1. The third kappa shape index (κ3) is 5.61. The Morgan fingerprint density at radius 2 is 1.77 bits per heavy atom. The molecule has 0 aromatic heterocycles. The van der Waals surface area contributed by atoms with E-state index in [4.69, 9.17) is 4.74 Å². The predicted molar refractivity (Wildman–Crippen MR) is 117 cm³/mol. The molecule has 1 amide bonds. The van der Waals surface area contributed by atoms with E-state index in [9.17, 15) is 13.2 Å². The summed E-state index contributed by atoms with van der Waals surface area (Å²) in [5, 5.41) is 0. The van der Waals surface area contributed by atoms with Crippen LogP contribution in [0.25, 0.3) is 0 Å². The van der Waals surface area contributed by atoms with Crippen molar-refractivity contribution in [1.29, 1.82) is 0 Å². The van der Waals surface area contributed by atoms with Crippen LogP contribution in [0.5, 0.6) is 5.75 Å². The molecule has 6 nitrogen and oxygen atoms in total. The number of likely N-dealkylation sites (tertiary alicyclic amines) is 1. The molecule has 1 saturated heterocycles. The van der Waals surface area contributed by atoms with Gasteiger partial charge in [-0.2, -0.15) is 0 Å². The van der Waals surface area contributed by atoms with Gasteiger partial charge in [0.25, 0.3) is 0 Å². The van der Waals surface area contributed by atoms with Crippen molar-refractivity contribution < 1.29 is 17.9 Å². The number of sulfonamides is 1. The summed E-state index contributed by atoms with van der Waals surface area (Å²) < 4.78 is 33.8. The van der Waals surface area contributed by atoms with E-state index in [0.717, 1.165) is 22.4 Å². The second kappa shape index (κ2) is 9.62. The van der Waals surface area contributed by atoms with Gasteiger partial charge in [-0.3, -0.25) is 4.79 Å². The topological polar surface area (TPSA) is 75.7 Å². The molecule has 0 atom stereocenters. The van der Waals surface area contributed by atoms with Gasteiger partial charge in [-0.05, 0) is 62.9 Å². The number of piperidine rings is 1. The number of carbonyl (C=O) groups is 1. The Morgan fingerprint density at radius 1 is 1.10 bits per heavy atom. The van der Waals surface area contributed by atoms with Crippen LogP contribution < -0.4 is 9.46 Å². The van der Waals surface area contributed by atoms with Crippen LogP contribution in [0.15, 0.2) is 47.4 Å². The van der Waals surface area contributed by atoms with E-state index < -0.39 is 10.0 Å². The Balaban J connectivity index is 1.53. The van der Waals surface area contributed by atoms with Gasteiger partial charge >= 0.3 is 0 Å². The fraction of sp³-hybridized carbons (Fsp3) is 0.435. The average molecular weight is 431 g/mol. The summed E-state index contributed by atoms with van der Waals surface area (Å²) in [6, 6.07) is 12.7. The summed E-state index contributed by atoms with van der Waals surface area (Å²) in [5.41, 5.74) is 2.72. The number of nitrogens with zero attached hydrogens (tertiary/aromatic N) is 1. The van der Waals surface area contributed by atoms with Crippen LogP contribution in [0.3, 0.4) is 0 Å². The smallest absolute Gasteiger partial charge is 0.241 e. The van der Waals surface area contributed by atoms with Crippen LogP contribution >= 0.6 is 0 Å². The van der Waals surface area contributed by atoms with Gasteiger partial charge in [0.2, 0.25) is 15.9 Å². The number of aryl methyl sites for hydroxylation is 2. The second-order valence-electron chi connectivity index (χ2n) is 7.80. The zero-order chi connectivity index (χ0) is 21.7. The molecular formula is C23H30N2O4S. The van der Waals surface area contributed by atoms with Gasteiger partial charge in [0.15, 0.2) is 0 Å². The Labute approximate surface area is 179 Å². The van der Waals surface area contributed by atoms with Crippen LogP contribution in [0.2, 0.25) is 0 Å². The molecule has 2 aromatic carbocycles. The van der Waals surface area contributed by atoms with Crippen LogP contribution in [-0.2, 0) is 21.2 Å². The molecular weight excluding hydrogens is 400 g/mol. The third-order valence-corrected chi connectivity index (χ3v) is 7.06. The van der Waals surface area contributed by atoms with Gasteiger partial charge < -0.3 is 9.64 Å². The van der Waals surface area contributed by atoms with Crippen molar-refractivity contribution in [3.8, 4) is 5.75 Å². The molecule has 1 aliphatic heterocycles. The summed E-state index contributed by atoms with van der Waals surface area (Å²) in [7, 11) is -3.57. The molecule has 0 aliphatic carbocycles. The number of hydrogen-bond acceptors (Lipinski definition) is 4. The minimum absolute atomic E-state index is 0.0647. The number of nitrogens with one attached hydrogen (secondary N) is 1. The molecule has 1 aliphatic rings. The average Bonchev–Trinajstić information content (AvgIpc) is 2.69. The third-order valence-electron chi connectivity index (χ3n) is 5.38. The van der Waals surface area contributed by atoms with Crippen LogP contribution in [0.1, 0.15) is 36.5 Å². The second-order valence-corrected chi connectivity index (χ2v) is 9.48. The maximum Gasteiger partial charge on any atom is 0.241 e. The summed E-state index contributed by atoms with van der Waals surface area (Å²) in [6.07, 6.45) is 1.56.